The Morgan fingerprint density at radius 1 is 1.08 bits per heavy atom. The molecule has 0 saturated heterocycles. The van der Waals surface area contributed by atoms with Crippen LogP contribution in [0.15, 0.2) is 24.3 Å². The molecule has 0 radical (unpaired) electrons. The van der Waals surface area contributed by atoms with Crippen LogP contribution in [-0.4, -0.2) is 29.2 Å². The molecule has 0 aliphatic heterocycles. The van der Waals surface area contributed by atoms with Gasteiger partial charge in [-0.25, -0.2) is 0 Å². The van der Waals surface area contributed by atoms with E-state index >= 15 is 0 Å². The van der Waals surface area contributed by atoms with Gasteiger partial charge in [0.05, 0.1) is 5.92 Å². The third-order valence-electron chi connectivity index (χ3n) is 4.56. The number of aryl methyl sites for hydroxylation is 1. The maximum atomic E-state index is 12.3. The molecule has 0 heterocycles. The first-order valence-corrected chi connectivity index (χ1v) is 8.45. The predicted molar refractivity (Wildman–Crippen MR) is 86.3 cm³/mol. The number of rotatable bonds is 5. The van der Waals surface area contributed by atoms with Gasteiger partial charge in [-0.15, -0.1) is 0 Å². The second-order valence-electron chi connectivity index (χ2n) is 6.47. The van der Waals surface area contributed by atoms with Crippen molar-refractivity contribution < 1.29 is 27.9 Å². The van der Waals surface area contributed by atoms with Gasteiger partial charge in [-0.3, -0.25) is 9.59 Å². The van der Waals surface area contributed by atoms with Crippen molar-refractivity contribution in [1.29, 1.82) is 0 Å². The van der Waals surface area contributed by atoms with Crippen LogP contribution in [0.2, 0.25) is 0 Å². The summed E-state index contributed by atoms with van der Waals surface area (Å²) in [6, 6.07) is 5.55. The number of benzene rings is 1. The Balaban J connectivity index is 1.98. The van der Waals surface area contributed by atoms with E-state index in [9.17, 15) is 27.9 Å². The average molecular weight is 357 g/mol. The minimum absolute atomic E-state index is 0.130. The number of carboxylic acids is 1. The fraction of sp³-hybridized carbons (Fsp3) is 0.556. The zero-order valence-corrected chi connectivity index (χ0v) is 13.8. The molecular formula is C18H22F3NO3. The van der Waals surface area contributed by atoms with E-state index in [0.717, 1.165) is 19.3 Å². The molecule has 1 amide bonds. The normalized spacial score (nSPS) is 21.4. The summed E-state index contributed by atoms with van der Waals surface area (Å²) in [4.78, 5) is 23.7. The highest BCUT2D eigenvalue weighted by Crippen LogP contribution is 2.25. The second kappa shape index (κ2) is 8.36. The number of amides is 1. The summed E-state index contributed by atoms with van der Waals surface area (Å²) >= 11 is 0. The van der Waals surface area contributed by atoms with Crippen LogP contribution in [0.3, 0.4) is 0 Å². The maximum Gasteiger partial charge on any atom is 0.389 e. The highest BCUT2D eigenvalue weighted by molar-refractivity contribution is 5.94. The van der Waals surface area contributed by atoms with Crippen molar-refractivity contribution in [3.8, 4) is 0 Å². The lowest BCUT2D eigenvalue weighted by Gasteiger charge is -2.23. The van der Waals surface area contributed by atoms with Gasteiger partial charge in [-0.05, 0) is 37.0 Å². The van der Waals surface area contributed by atoms with Gasteiger partial charge >= 0.3 is 12.1 Å². The van der Waals surface area contributed by atoms with Crippen LogP contribution >= 0.6 is 0 Å². The Bertz CT molecular complexity index is 599. The lowest BCUT2D eigenvalue weighted by molar-refractivity contribution is -0.143. The fourth-order valence-corrected chi connectivity index (χ4v) is 3.14. The first-order valence-electron chi connectivity index (χ1n) is 8.45. The molecular weight excluding hydrogens is 335 g/mol. The number of aliphatic carboxylic acids is 1. The molecule has 1 saturated carbocycles. The highest BCUT2D eigenvalue weighted by Gasteiger charge is 2.31. The number of carboxylic acid groups (broad SMARTS) is 1. The van der Waals surface area contributed by atoms with E-state index in [4.69, 9.17) is 0 Å². The fourth-order valence-electron chi connectivity index (χ4n) is 3.14. The van der Waals surface area contributed by atoms with Gasteiger partial charge in [-0.2, -0.15) is 13.2 Å². The molecule has 2 N–H and O–H groups in total. The Hall–Kier alpha value is -2.05. The van der Waals surface area contributed by atoms with Gasteiger partial charge in [0.2, 0.25) is 0 Å². The van der Waals surface area contributed by atoms with E-state index in [1.54, 1.807) is 0 Å². The minimum atomic E-state index is -4.21. The molecule has 4 nitrogen and oxygen atoms in total. The van der Waals surface area contributed by atoms with Crippen molar-refractivity contribution in [3.05, 3.63) is 35.4 Å². The molecule has 0 aromatic heterocycles. The molecule has 138 valence electrons. The van der Waals surface area contributed by atoms with Crippen molar-refractivity contribution in [2.24, 2.45) is 5.92 Å². The van der Waals surface area contributed by atoms with Crippen molar-refractivity contribution in [2.45, 2.75) is 57.2 Å². The lowest BCUT2D eigenvalue weighted by Crippen LogP contribution is -2.42. The number of nitrogens with one attached hydrogen (secondary N) is 1. The van der Waals surface area contributed by atoms with Gasteiger partial charge in [0.25, 0.3) is 5.91 Å². The first-order chi connectivity index (χ1) is 11.8. The Morgan fingerprint density at radius 2 is 1.72 bits per heavy atom. The zero-order chi connectivity index (χ0) is 18.4. The zero-order valence-electron chi connectivity index (χ0n) is 13.8. The molecule has 25 heavy (non-hydrogen) atoms. The number of carbonyl (C=O) groups is 2. The van der Waals surface area contributed by atoms with Crippen LogP contribution < -0.4 is 5.32 Å². The van der Waals surface area contributed by atoms with Gasteiger partial charge in [0.15, 0.2) is 0 Å². The van der Waals surface area contributed by atoms with Crippen LogP contribution in [0, 0.1) is 5.92 Å². The van der Waals surface area contributed by atoms with E-state index in [2.05, 4.69) is 5.32 Å². The summed E-state index contributed by atoms with van der Waals surface area (Å²) in [5.41, 5.74) is 0.830. The molecule has 0 unspecified atom stereocenters. The van der Waals surface area contributed by atoms with Gasteiger partial charge in [-0.1, -0.05) is 31.4 Å². The van der Waals surface area contributed by atoms with Crippen molar-refractivity contribution in [3.63, 3.8) is 0 Å². The first kappa shape index (κ1) is 19.3. The third kappa shape index (κ3) is 6.07. The summed E-state index contributed by atoms with van der Waals surface area (Å²) in [5, 5.41) is 12.1. The molecule has 1 fully saturated rings. The Labute approximate surface area is 144 Å². The average Bonchev–Trinajstić information content (AvgIpc) is 2.78. The monoisotopic (exact) mass is 357 g/mol. The number of carbonyl (C=O) groups excluding carboxylic acids is 1. The van der Waals surface area contributed by atoms with Gasteiger partial charge in [0, 0.05) is 18.0 Å². The summed E-state index contributed by atoms with van der Waals surface area (Å²) in [6.45, 7) is 0. The quantitative estimate of drug-likeness (QED) is 0.785. The number of alkyl halides is 3. The molecule has 1 aromatic carbocycles. The number of hydrogen-bond acceptors (Lipinski definition) is 2. The molecule has 0 spiro atoms. The van der Waals surface area contributed by atoms with Crippen molar-refractivity contribution in [2.75, 3.05) is 0 Å². The molecule has 2 atom stereocenters. The number of hydrogen-bond donors (Lipinski definition) is 2. The molecule has 2 rings (SSSR count). The van der Waals surface area contributed by atoms with Crippen LogP contribution in [0.1, 0.15) is 54.4 Å². The SMILES string of the molecule is O=C(N[C@H]1CCCCC[C@H]1C(=O)O)c1ccc(CCC(F)(F)F)cc1. The van der Waals surface area contributed by atoms with E-state index in [1.165, 1.54) is 24.3 Å². The highest BCUT2D eigenvalue weighted by atomic mass is 19.4. The smallest absolute Gasteiger partial charge is 0.389 e. The largest absolute Gasteiger partial charge is 0.481 e. The van der Waals surface area contributed by atoms with Crippen LogP contribution in [0.25, 0.3) is 0 Å². The Kier molecular flexibility index (Phi) is 6.45. The molecule has 1 aliphatic carbocycles. The van der Waals surface area contributed by atoms with Gasteiger partial charge < -0.3 is 10.4 Å². The van der Waals surface area contributed by atoms with Gasteiger partial charge in [0.1, 0.15) is 0 Å². The van der Waals surface area contributed by atoms with Crippen molar-refractivity contribution in [1.82, 2.24) is 5.32 Å². The van der Waals surface area contributed by atoms with Crippen molar-refractivity contribution >= 4 is 11.9 Å². The van der Waals surface area contributed by atoms with E-state index in [1.807, 2.05) is 0 Å². The molecule has 7 heteroatoms. The van der Waals surface area contributed by atoms with Crippen LogP contribution in [0.4, 0.5) is 13.2 Å². The summed E-state index contributed by atoms with van der Waals surface area (Å²) in [7, 11) is 0. The minimum Gasteiger partial charge on any atom is -0.481 e. The molecule has 1 aliphatic rings. The van der Waals surface area contributed by atoms with E-state index in [0.29, 0.717) is 24.0 Å². The summed E-state index contributed by atoms with van der Waals surface area (Å²) < 4.78 is 36.7. The summed E-state index contributed by atoms with van der Waals surface area (Å²) in [6.07, 6.45) is -1.44. The topological polar surface area (TPSA) is 66.4 Å². The van der Waals surface area contributed by atoms with Crippen LogP contribution in [-0.2, 0) is 11.2 Å². The van der Waals surface area contributed by atoms with E-state index < -0.39 is 30.5 Å². The predicted octanol–water partition coefficient (Wildman–Crippen LogP) is 3.94. The standard InChI is InChI=1S/C18H22F3NO3/c19-18(20,21)11-10-12-6-8-13(9-7-12)16(23)22-15-5-3-1-2-4-14(15)17(24)25/h6-9,14-15H,1-5,10-11H2,(H,22,23)(H,24,25)/t14-,15+/m1/s1. The van der Waals surface area contributed by atoms with E-state index in [-0.39, 0.29) is 12.3 Å². The maximum absolute atomic E-state index is 12.3. The summed E-state index contributed by atoms with van der Waals surface area (Å²) in [5.74, 6) is -1.90. The third-order valence-corrected chi connectivity index (χ3v) is 4.56. The molecule has 0 bridgehead atoms. The molecule has 1 aromatic rings. The van der Waals surface area contributed by atoms with Crippen LogP contribution in [0.5, 0.6) is 0 Å². The Morgan fingerprint density at radius 3 is 2.32 bits per heavy atom. The number of halogens is 3. The second-order valence-corrected chi connectivity index (χ2v) is 6.47. The lowest BCUT2D eigenvalue weighted by atomic mass is 9.94.